The Kier molecular flexibility index (Phi) is 12.2. The third-order valence-electron chi connectivity index (χ3n) is 9.04. The minimum atomic E-state index is -1.38. The molecule has 6 rings (SSSR count). The van der Waals surface area contributed by atoms with Crippen LogP contribution in [-0.2, 0) is 6.42 Å². The molecule has 11 nitrogen and oxygen atoms in total. The summed E-state index contributed by atoms with van der Waals surface area (Å²) >= 11 is 0. The average molecular weight is 753 g/mol. The minimum Gasteiger partial charge on any atom is -0.493 e. The molecule has 1 N–H and O–H groups in total. The zero-order valence-electron chi connectivity index (χ0n) is 32.9. The van der Waals surface area contributed by atoms with Gasteiger partial charge >= 0.3 is 0 Å². The van der Waals surface area contributed by atoms with Crippen molar-refractivity contribution >= 4 is 23.7 Å². The fourth-order valence-corrected chi connectivity index (χ4v) is 6.18. The molecule has 0 fully saturated rings. The van der Waals surface area contributed by atoms with Crippen LogP contribution >= 0.6 is 0 Å². The Morgan fingerprint density at radius 3 is 1.45 bits per heavy atom. The molecule has 2 aliphatic rings. The molecule has 4 aromatic carbocycles. The molecule has 0 saturated carbocycles. The highest BCUT2D eigenvalue weighted by molar-refractivity contribution is 6.01. The van der Waals surface area contributed by atoms with Gasteiger partial charge in [0.1, 0.15) is 28.8 Å². The van der Waals surface area contributed by atoms with E-state index in [0.717, 1.165) is 22.4 Å². The highest BCUT2D eigenvalue weighted by atomic mass is 16.5. The summed E-state index contributed by atoms with van der Waals surface area (Å²) in [6.07, 6.45) is 6.68. The van der Waals surface area contributed by atoms with Gasteiger partial charge in [0.2, 0.25) is 11.5 Å². The summed E-state index contributed by atoms with van der Waals surface area (Å²) in [4.78, 5) is 25.7. The molecule has 0 saturated heterocycles. The van der Waals surface area contributed by atoms with Crippen LogP contribution in [0.2, 0.25) is 0 Å². The normalized spacial score (nSPS) is 14.7. The minimum absolute atomic E-state index is 0.00491. The van der Waals surface area contributed by atoms with Gasteiger partial charge in [-0.2, -0.15) is 0 Å². The Hall–Kier alpha value is -5.94. The lowest BCUT2D eigenvalue weighted by molar-refractivity contribution is 0.0746. The molecule has 11 heteroatoms. The van der Waals surface area contributed by atoms with Crippen LogP contribution in [0.5, 0.6) is 46.0 Å². The molecule has 4 aromatic rings. The number of methoxy groups -OCH3 is 6. The van der Waals surface area contributed by atoms with Crippen LogP contribution in [0.15, 0.2) is 72.8 Å². The molecular formula is C44H48O11. The first-order valence-electron chi connectivity index (χ1n) is 17.5. The number of fused-ring (bicyclic) bond motifs is 2. The maximum absolute atomic E-state index is 12.9. The fourth-order valence-electron chi connectivity index (χ4n) is 6.18. The van der Waals surface area contributed by atoms with Crippen LogP contribution in [0.1, 0.15) is 76.8 Å². The van der Waals surface area contributed by atoms with Crippen molar-refractivity contribution in [1.29, 1.82) is 0 Å². The van der Waals surface area contributed by atoms with Gasteiger partial charge in [-0.3, -0.25) is 9.59 Å². The Labute approximate surface area is 322 Å². The summed E-state index contributed by atoms with van der Waals surface area (Å²) in [6.45, 7) is 7.91. The van der Waals surface area contributed by atoms with Gasteiger partial charge in [0, 0.05) is 28.7 Å². The second-order valence-electron chi connectivity index (χ2n) is 13.9. The van der Waals surface area contributed by atoms with E-state index in [1.807, 2.05) is 64.1 Å². The lowest BCUT2D eigenvalue weighted by Crippen LogP contribution is -2.27. The largest absolute Gasteiger partial charge is 0.493 e. The molecule has 1 atom stereocenters. The van der Waals surface area contributed by atoms with E-state index in [4.69, 9.17) is 37.9 Å². The van der Waals surface area contributed by atoms with E-state index in [2.05, 4.69) is 0 Å². The van der Waals surface area contributed by atoms with Crippen LogP contribution in [0.3, 0.4) is 0 Å². The summed E-state index contributed by atoms with van der Waals surface area (Å²) in [5, 5.41) is 10.7. The van der Waals surface area contributed by atoms with E-state index >= 15 is 0 Å². The highest BCUT2D eigenvalue weighted by Gasteiger charge is 2.27. The van der Waals surface area contributed by atoms with Crippen LogP contribution in [-0.4, -0.2) is 70.5 Å². The Morgan fingerprint density at radius 2 is 1.02 bits per heavy atom. The van der Waals surface area contributed by atoms with Crippen molar-refractivity contribution in [3.8, 4) is 46.0 Å². The van der Waals surface area contributed by atoms with Crippen LogP contribution in [0.4, 0.5) is 0 Å². The Bertz CT molecular complexity index is 2080. The first kappa shape index (κ1) is 40.2. The average Bonchev–Trinajstić information content (AvgIpc) is 3.18. The number of ketones is 2. The number of hydrogen-bond acceptors (Lipinski definition) is 11. The van der Waals surface area contributed by atoms with E-state index in [0.29, 0.717) is 56.9 Å². The third kappa shape index (κ3) is 9.06. The monoisotopic (exact) mass is 752 g/mol. The van der Waals surface area contributed by atoms with Gasteiger partial charge in [0.25, 0.3) is 0 Å². The smallest absolute Gasteiger partial charge is 0.203 e. The third-order valence-corrected chi connectivity index (χ3v) is 9.04. The van der Waals surface area contributed by atoms with Gasteiger partial charge in [-0.15, -0.1) is 0 Å². The van der Waals surface area contributed by atoms with Crippen molar-refractivity contribution in [2.75, 3.05) is 42.7 Å². The van der Waals surface area contributed by atoms with Gasteiger partial charge in [-0.25, -0.2) is 0 Å². The second kappa shape index (κ2) is 16.6. The Morgan fingerprint density at radius 1 is 0.600 bits per heavy atom. The molecule has 0 aromatic heterocycles. The molecule has 290 valence electrons. The number of carbonyl (C=O) groups excluding carboxylic acids is 2. The molecule has 0 spiro atoms. The zero-order valence-corrected chi connectivity index (χ0v) is 32.9. The van der Waals surface area contributed by atoms with Crippen molar-refractivity contribution in [2.45, 2.75) is 51.4 Å². The van der Waals surface area contributed by atoms with Gasteiger partial charge < -0.3 is 43.0 Å². The lowest BCUT2D eigenvalue weighted by Gasteiger charge is -2.28. The summed E-state index contributed by atoms with van der Waals surface area (Å²) in [6, 6.07) is 17.3. The molecule has 1 unspecified atom stereocenters. The van der Waals surface area contributed by atoms with Crippen LogP contribution in [0, 0.1) is 0 Å². The fraction of sp³-hybridized carbons (Fsp3) is 0.318. The van der Waals surface area contributed by atoms with Gasteiger partial charge in [-0.05, 0) is 112 Å². The number of benzene rings is 4. The van der Waals surface area contributed by atoms with E-state index < -0.39 is 17.5 Å². The molecular weight excluding hydrogens is 704 g/mol. The van der Waals surface area contributed by atoms with Crippen molar-refractivity contribution in [1.82, 2.24) is 0 Å². The van der Waals surface area contributed by atoms with Crippen molar-refractivity contribution in [2.24, 2.45) is 0 Å². The van der Waals surface area contributed by atoms with Crippen LogP contribution in [0.25, 0.3) is 12.2 Å². The molecule has 0 amide bonds. The summed E-state index contributed by atoms with van der Waals surface area (Å²) in [5.74, 6) is 3.76. The number of ether oxygens (including phenoxy) is 8. The maximum Gasteiger partial charge on any atom is 0.203 e. The van der Waals surface area contributed by atoms with Crippen molar-refractivity contribution in [3.63, 3.8) is 0 Å². The molecule has 55 heavy (non-hydrogen) atoms. The van der Waals surface area contributed by atoms with E-state index in [9.17, 15) is 14.7 Å². The molecule has 2 heterocycles. The number of Topliss-reactive ketones (excluding diaryl/α,β-unsaturated/α-hetero) is 2. The number of rotatable bonds is 12. The summed E-state index contributed by atoms with van der Waals surface area (Å²) < 4.78 is 43.7. The predicted octanol–water partition coefficient (Wildman–Crippen LogP) is 8.13. The molecule has 0 bridgehead atoms. The van der Waals surface area contributed by atoms with Crippen molar-refractivity contribution < 1.29 is 52.6 Å². The first-order valence-corrected chi connectivity index (χ1v) is 17.5. The molecule has 0 aliphatic carbocycles. The van der Waals surface area contributed by atoms with Crippen molar-refractivity contribution in [3.05, 3.63) is 106 Å². The van der Waals surface area contributed by atoms with Gasteiger partial charge in [-0.1, -0.05) is 12.2 Å². The number of aliphatic hydroxyl groups excluding tert-OH is 1. The summed E-state index contributed by atoms with van der Waals surface area (Å²) in [5.41, 5.74) is 3.13. The zero-order chi connectivity index (χ0) is 40.1. The molecule has 2 aliphatic heterocycles. The van der Waals surface area contributed by atoms with E-state index in [-0.39, 0.29) is 17.8 Å². The van der Waals surface area contributed by atoms with E-state index in [1.165, 1.54) is 21.3 Å². The Balaban J connectivity index is 0.000000211. The highest BCUT2D eigenvalue weighted by Crippen LogP contribution is 2.41. The number of carbonyl (C=O) groups is 2. The molecule has 0 radical (unpaired) electrons. The van der Waals surface area contributed by atoms with E-state index in [1.54, 1.807) is 69.9 Å². The van der Waals surface area contributed by atoms with Gasteiger partial charge in [0.05, 0.1) is 42.7 Å². The van der Waals surface area contributed by atoms with Crippen LogP contribution < -0.4 is 37.9 Å². The predicted molar refractivity (Wildman–Crippen MR) is 210 cm³/mol. The number of hydrogen-bond donors (Lipinski definition) is 1. The standard InChI is InChI=1S/C22H24O6.C22H24O5/c1-22(2)9-8-13-10-14(6-7-16(13)28-22)19(23)20(24)15-11-17(25-3)21(27-5)18(12-15)26-4;1-22(2)9-8-16-13-15(6-7-18(16)27-22)17(23)10-14-11-19(24-3)21(26-5)20(12-14)25-4/h6-12,20,24H,1-5H3;6-9,11-13H,10H2,1-5H3. The first-order chi connectivity index (χ1) is 26.2. The lowest BCUT2D eigenvalue weighted by atomic mass is 9.95. The number of aliphatic hydroxyl groups is 1. The maximum atomic E-state index is 12.9. The SMILES string of the molecule is COc1cc(C(O)C(=O)c2ccc3c(c2)C=CC(C)(C)O3)cc(OC)c1OC.COc1cc(CC(=O)c2ccc3c(c2)C=CC(C)(C)O3)cc(OC)c1OC. The quantitative estimate of drug-likeness (QED) is 0.141. The second-order valence-corrected chi connectivity index (χ2v) is 13.9. The topological polar surface area (TPSA) is 128 Å². The summed E-state index contributed by atoms with van der Waals surface area (Å²) in [7, 11) is 9.11. The van der Waals surface area contributed by atoms with Gasteiger partial charge in [0.15, 0.2) is 34.6 Å².